The van der Waals surface area contributed by atoms with E-state index in [4.69, 9.17) is 0 Å². The minimum absolute atomic E-state index is 0.0303. The number of carbonyl (C=O) groups excluding carboxylic acids is 2. The third kappa shape index (κ3) is 3.15. The Morgan fingerprint density at radius 2 is 1.58 bits per heavy atom. The summed E-state index contributed by atoms with van der Waals surface area (Å²) in [5.74, 6) is 0.610. The van der Waals surface area contributed by atoms with Crippen molar-refractivity contribution in [2.45, 2.75) is 25.3 Å². The number of anilines is 1. The number of fused-ring (bicyclic) bond motifs is 2. The van der Waals surface area contributed by atoms with Gasteiger partial charge in [0.1, 0.15) is 0 Å². The predicted molar refractivity (Wildman–Crippen MR) is 125 cm³/mol. The van der Waals surface area contributed by atoms with Crippen molar-refractivity contribution in [1.29, 1.82) is 0 Å². The van der Waals surface area contributed by atoms with Crippen molar-refractivity contribution < 1.29 is 9.59 Å². The maximum Gasteiger partial charge on any atom is 0.268 e. The quantitative estimate of drug-likeness (QED) is 0.596. The van der Waals surface area contributed by atoms with Crippen molar-refractivity contribution in [2.24, 2.45) is 0 Å². The van der Waals surface area contributed by atoms with Crippen LogP contribution in [0.4, 0.5) is 5.69 Å². The number of rotatable bonds is 3. The number of hydrogen-bond donors (Lipinski definition) is 0. The minimum Gasteiger partial charge on any atom is -0.311 e. The summed E-state index contributed by atoms with van der Waals surface area (Å²) in [4.78, 5) is 30.1. The van der Waals surface area contributed by atoms with E-state index in [1.165, 1.54) is 5.56 Å². The van der Waals surface area contributed by atoms with Crippen LogP contribution in [0.25, 0.3) is 0 Å². The lowest BCUT2D eigenvalue weighted by atomic mass is 10.0. The second-order valence-corrected chi connectivity index (χ2v) is 9.50. The van der Waals surface area contributed by atoms with E-state index in [0.717, 1.165) is 28.1 Å². The van der Waals surface area contributed by atoms with Crippen molar-refractivity contribution in [3.63, 3.8) is 0 Å². The molecule has 0 saturated carbocycles. The van der Waals surface area contributed by atoms with Crippen LogP contribution in [0.2, 0.25) is 0 Å². The number of benzene rings is 3. The highest BCUT2D eigenvalue weighted by atomic mass is 32.2. The Bertz CT molecular complexity index is 1160. The molecule has 1 atom stereocenters. The topological polar surface area (TPSA) is 40.6 Å². The summed E-state index contributed by atoms with van der Waals surface area (Å²) >= 11 is 1.57. The number of carbonyl (C=O) groups is 2. The van der Waals surface area contributed by atoms with Gasteiger partial charge in [-0.25, -0.2) is 0 Å². The lowest BCUT2D eigenvalue weighted by molar-refractivity contribution is -0.123. The maximum absolute atomic E-state index is 14.0. The van der Waals surface area contributed by atoms with Crippen molar-refractivity contribution in [1.82, 2.24) is 4.90 Å². The van der Waals surface area contributed by atoms with Gasteiger partial charge in [-0.3, -0.25) is 9.59 Å². The van der Waals surface area contributed by atoms with Crippen LogP contribution in [0.3, 0.4) is 0 Å². The van der Waals surface area contributed by atoms with Gasteiger partial charge in [-0.1, -0.05) is 65.7 Å². The van der Waals surface area contributed by atoms with E-state index in [9.17, 15) is 9.59 Å². The van der Waals surface area contributed by atoms with E-state index in [1.807, 2.05) is 60.4 Å². The Kier molecular flexibility index (Phi) is 4.86. The Hall–Kier alpha value is -3.05. The molecule has 1 spiro atoms. The monoisotopic (exact) mass is 428 g/mol. The van der Waals surface area contributed by atoms with Crippen LogP contribution >= 0.6 is 11.8 Å². The molecular weight excluding hydrogens is 404 g/mol. The van der Waals surface area contributed by atoms with Crippen LogP contribution in [0, 0.1) is 13.8 Å². The Labute approximate surface area is 186 Å². The van der Waals surface area contributed by atoms with Crippen molar-refractivity contribution in [3.05, 3.63) is 101 Å². The van der Waals surface area contributed by atoms with Gasteiger partial charge >= 0.3 is 0 Å². The minimum atomic E-state index is -0.997. The molecule has 0 N–H and O–H groups in total. The number of hydrogen-bond acceptors (Lipinski definition) is 3. The van der Waals surface area contributed by atoms with Crippen LogP contribution in [-0.4, -0.2) is 29.0 Å². The molecular formula is C26H24N2O2S. The Balaban J connectivity index is 1.56. The van der Waals surface area contributed by atoms with E-state index < -0.39 is 4.87 Å². The van der Waals surface area contributed by atoms with Crippen LogP contribution in [-0.2, 0) is 16.2 Å². The smallest absolute Gasteiger partial charge is 0.268 e. The lowest BCUT2D eigenvalue weighted by Gasteiger charge is -2.33. The highest BCUT2D eigenvalue weighted by Gasteiger charge is 2.59. The fourth-order valence-corrected chi connectivity index (χ4v) is 5.91. The Morgan fingerprint density at radius 3 is 2.29 bits per heavy atom. The Morgan fingerprint density at radius 1 is 0.935 bits per heavy atom. The largest absolute Gasteiger partial charge is 0.311 e. The van der Waals surface area contributed by atoms with Gasteiger partial charge in [0, 0.05) is 23.4 Å². The van der Waals surface area contributed by atoms with Crippen LogP contribution in [0.15, 0.2) is 72.8 Å². The van der Waals surface area contributed by atoms with Crippen LogP contribution in [0.1, 0.15) is 32.6 Å². The first kappa shape index (κ1) is 19.9. The average molecular weight is 429 g/mol. The van der Waals surface area contributed by atoms with Gasteiger partial charge < -0.3 is 9.80 Å². The summed E-state index contributed by atoms with van der Waals surface area (Å²) in [5.41, 5.74) is 5.79. The van der Waals surface area contributed by atoms with Gasteiger partial charge in [0.25, 0.3) is 11.8 Å². The highest BCUT2D eigenvalue weighted by molar-refractivity contribution is 8.01. The van der Waals surface area contributed by atoms with Gasteiger partial charge in [-0.15, -0.1) is 11.8 Å². The molecule has 5 heteroatoms. The number of amides is 2. The number of aryl methyl sites for hydroxylation is 2. The lowest BCUT2D eigenvalue weighted by Crippen LogP contribution is -2.50. The van der Waals surface area contributed by atoms with Gasteiger partial charge in [0.05, 0.1) is 12.2 Å². The summed E-state index contributed by atoms with van der Waals surface area (Å²) in [5, 5.41) is 0. The molecule has 0 unspecified atom stereocenters. The second kappa shape index (κ2) is 7.57. The molecule has 2 heterocycles. The summed E-state index contributed by atoms with van der Waals surface area (Å²) in [6.07, 6.45) is 0. The molecule has 0 aromatic heterocycles. The van der Waals surface area contributed by atoms with Gasteiger partial charge in [-0.2, -0.15) is 0 Å². The third-order valence-electron chi connectivity index (χ3n) is 6.11. The van der Waals surface area contributed by atoms with Crippen LogP contribution < -0.4 is 4.90 Å². The van der Waals surface area contributed by atoms with Gasteiger partial charge in [-0.05, 0) is 37.6 Å². The van der Waals surface area contributed by atoms with Crippen molar-refractivity contribution in [3.8, 4) is 0 Å². The number of nitrogens with zero attached hydrogens (tertiary/aromatic N) is 2. The van der Waals surface area contributed by atoms with E-state index in [-0.39, 0.29) is 11.8 Å². The van der Waals surface area contributed by atoms with Crippen molar-refractivity contribution in [2.75, 3.05) is 17.2 Å². The zero-order chi connectivity index (χ0) is 21.6. The molecule has 0 aliphatic carbocycles. The molecule has 31 heavy (non-hydrogen) atoms. The molecule has 3 aromatic carbocycles. The molecule has 5 rings (SSSR count). The molecule has 3 aromatic rings. The zero-order valence-corrected chi connectivity index (χ0v) is 18.5. The first-order chi connectivity index (χ1) is 15.0. The molecule has 1 saturated heterocycles. The molecule has 0 bridgehead atoms. The predicted octanol–water partition coefficient (Wildman–Crippen LogP) is 4.89. The first-order valence-electron chi connectivity index (χ1n) is 10.5. The highest BCUT2D eigenvalue weighted by Crippen LogP contribution is 2.54. The summed E-state index contributed by atoms with van der Waals surface area (Å²) in [6.45, 7) is 5.10. The molecule has 4 nitrogen and oxygen atoms in total. The number of para-hydroxylation sites is 1. The molecule has 0 radical (unpaired) electrons. The van der Waals surface area contributed by atoms with Gasteiger partial charge in [0.15, 0.2) is 4.87 Å². The fourth-order valence-electron chi connectivity index (χ4n) is 4.45. The standard InChI is InChI=1S/C26H24N2O2S/c1-18-7-11-20(12-8-18)17-27-23-6-4-3-5-22(23)26(25(27)30)28(15-16-31-26)24(29)21-13-9-19(2)10-14-21/h3-14H,15-17H2,1-2H3/t26-/m0/s1. The van der Waals surface area contributed by atoms with Gasteiger partial charge in [0.2, 0.25) is 0 Å². The first-order valence-corrected chi connectivity index (χ1v) is 11.5. The van der Waals surface area contributed by atoms with Crippen LogP contribution in [0.5, 0.6) is 0 Å². The van der Waals surface area contributed by atoms with E-state index in [1.54, 1.807) is 16.7 Å². The molecule has 1 fully saturated rings. The molecule has 2 amide bonds. The third-order valence-corrected chi connectivity index (χ3v) is 7.53. The zero-order valence-electron chi connectivity index (χ0n) is 17.7. The summed E-state index contributed by atoms with van der Waals surface area (Å²) in [7, 11) is 0. The molecule has 156 valence electrons. The van der Waals surface area contributed by atoms with E-state index in [0.29, 0.717) is 18.7 Å². The average Bonchev–Trinajstić information content (AvgIpc) is 3.33. The molecule has 2 aliphatic rings. The number of thioether (sulfide) groups is 1. The molecule has 2 aliphatic heterocycles. The normalized spacial score (nSPS) is 19.9. The summed E-state index contributed by atoms with van der Waals surface area (Å²) < 4.78 is 0. The SMILES string of the molecule is Cc1ccc(CN2C(=O)[C@@]3(SCCN3C(=O)c3ccc(C)cc3)c3ccccc32)cc1. The second-order valence-electron chi connectivity index (χ2n) is 8.21. The summed E-state index contributed by atoms with van der Waals surface area (Å²) in [6, 6.07) is 23.7. The fraction of sp³-hybridized carbons (Fsp3) is 0.231. The maximum atomic E-state index is 14.0. The van der Waals surface area contributed by atoms with E-state index in [2.05, 4.69) is 31.2 Å². The van der Waals surface area contributed by atoms with Crippen molar-refractivity contribution >= 4 is 29.3 Å². The van der Waals surface area contributed by atoms with E-state index >= 15 is 0 Å².